The van der Waals surface area contributed by atoms with Crippen molar-refractivity contribution in [3.63, 3.8) is 0 Å². The molecule has 0 unspecified atom stereocenters. The number of carbonyl (C=O) groups excluding carboxylic acids is 1. The quantitative estimate of drug-likeness (QED) is 0.579. The summed E-state index contributed by atoms with van der Waals surface area (Å²) < 4.78 is 5.28. The highest BCUT2D eigenvalue weighted by molar-refractivity contribution is 6.43. The van der Waals surface area contributed by atoms with Gasteiger partial charge in [-0.2, -0.15) is 0 Å². The average molecular weight is 362 g/mol. The van der Waals surface area contributed by atoms with E-state index >= 15 is 0 Å². The fourth-order valence-corrected chi connectivity index (χ4v) is 1.87. The van der Waals surface area contributed by atoms with Crippen LogP contribution in [0.5, 0.6) is 5.75 Å². The summed E-state index contributed by atoms with van der Waals surface area (Å²) in [4.78, 5) is 11.5. The van der Waals surface area contributed by atoms with E-state index in [1.54, 1.807) is 0 Å². The molecule has 2 N–H and O–H groups in total. The lowest BCUT2D eigenvalue weighted by Gasteiger charge is -2.10. The van der Waals surface area contributed by atoms with Crippen molar-refractivity contribution in [2.75, 3.05) is 26.2 Å². The molecule has 0 fully saturated rings. The summed E-state index contributed by atoms with van der Waals surface area (Å²) in [5.41, 5.74) is 0. The molecule has 0 bridgehead atoms. The predicted octanol–water partition coefficient (Wildman–Crippen LogP) is 3.17. The van der Waals surface area contributed by atoms with Crippen LogP contribution in [0.25, 0.3) is 0 Å². The Morgan fingerprint density at radius 3 is 2.45 bits per heavy atom. The zero-order chi connectivity index (χ0) is 14.3. The summed E-state index contributed by atoms with van der Waals surface area (Å²) in [6.45, 7) is 4.01. The summed E-state index contributed by atoms with van der Waals surface area (Å²) in [6.07, 6.45) is 0. The Balaban J connectivity index is 0.00000361. The molecule has 1 rings (SSSR count). The Kier molecular flexibility index (Phi) is 10.2. The Morgan fingerprint density at radius 1 is 1.15 bits per heavy atom. The molecule has 0 atom stereocenters. The van der Waals surface area contributed by atoms with Gasteiger partial charge in [0.2, 0.25) is 0 Å². The molecule has 0 saturated heterocycles. The zero-order valence-electron chi connectivity index (χ0n) is 10.8. The van der Waals surface area contributed by atoms with Gasteiger partial charge in [-0.05, 0) is 12.6 Å². The molecule has 4 nitrogen and oxygen atoms in total. The van der Waals surface area contributed by atoms with Gasteiger partial charge < -0.3 is 15.4 Å². The van der Waals surface area contributed by atoms with Crippen LogP contribution < -0.4 is 15.4 Å². The molecular weight excluding hydrogens is 346 g/mol. The highest BCUT2D eigenvalue weighted by atomic mass is 35.5. The Labute approximate surface area is 139 Å². The van der Waals surface area contributed by atoms with Gasteiger partial charge >= 0.3 is 0 Å². The first-order chi connectivity index (χ1) is 9.04. The molecule has 0 heterocycles. The number of halogens is 4. The molecule has 1 amide bonds. The van der Waals surface area contributed by atoms with Crippen LogP contribution in [0.3, 0.4) is 0 Å². The minimum absolute atomic E-state index is 0. The second-order valence-corrected chi connectivity index (χ2v) is 4.91. The van der Waals surface area contributed by atoms with E-state index in [9.17, 15) is 4.79 Å². The lowest BCUT2D eigenvalue weighted by molar-refractivity contribution is -0.123. The standard InChI is InChI=1S/C12H15Cl3N2O2.ClH/c1-2-16-3-4-17-12(18)7-19-11-6-9(14)8(13)5-10(11)15;/h5-6,16H,2-4,7H2,1H3,(H,17,18);1H. The van der Waals surface area contributed by atoms with E-state index in [-0.39, 0.29) is 24.9 Å². The lowest BCUT2D eigenvalue weighted by Crippen LogP contribution is -2.34. The number of benzene rings is 1. The Morgan fingerprint density at radius 2 is 1.80 bits per heavy atom. The summed E-state index contributed by atoms with van der Waals surface area (Å²) in [5.74, 6) is 0.109. The summed E-state index contributed by atoms with van der Waals surface area (Å²) in [6, 6.07) is 2.96. The number of rotatable bonds is 7. The van der Waals surface area contributed by atoms with E-state index < -0.39 is 0 Å². The molecule has 0 aliphatic rings. The van der Waals surface area contributed by atoms with E-state index in [0.29, 0.717) is 27.4 Å². The van der Waals surface area contributed by atoms with Crippen molar-refractivity contribution in [1.29, 1.82) is 0 Å². The molecular formula is C12H16Cl4N2O2. The van der Waals surface area contributed by atoms with Gasteiger partial charge in [-0.3, -0.25) is 4.79 Å². The number of ether oxygens (including phenoxy) is 1. The number of amides is 1. The first-order valence-electron chi connectivity index (χ1n) is 5.79. The Hall–Kier alpha value is -0.390. The first kappa shape index (κ1) is 19.6. The van der Waals surface area contributed by atoms with Gasteiger partial charge in [-0.25, -0.2) is 0 Å². The average Bonchev–Trinajstić information content (AvgIpc) is 2.37. The van der Waals surface area contributed by atoms with Crippen molar-refractivity contribution in [3.05, 3.63) is 27.2 Å². The van der Waals surface area contributed by atoms with Crippen LogP contribution in [0.2, 0.25) is 15.1 Å². The van der Waals surface area contributed by atoms with Crippen LogP contribution in [0, 0.1) is 0 Å². The van der Waals surface area contributed by atoms with Crippen molar-refractivity contribution in [1.82, 2.24) is 10.6 Å². The molecule has 0 aliphatic heterocycles. The number of nitrogens with one attached hydrogen (secondary N) is 2. The number of hydrogen-bond donors (Lipinski definition) is 2. The first-order valence-corrected chi connectivity index (χ1v) is 6.92. The van der Waals surface area contributed by atoms with Crippen molar-refractivity contribution in [2.24, 2.45) is 0 Å². The highest BCUT2D eigenvalue weighted by Crippen LogP contribution is 2.33. The van der Waals surface area contributed by atoms with E-state index in [1.165, 1.54) is 12.1 Å². The molecule has 8 heteroatoms. The number of likely N-dealkylation sites (N-methyl/N-ethyl adjacent to an activating group) is 1. The van der Waals surface area contributed by atoms with Crippen molar-refractivity contribution in [2.45, 2.75) is 6.92 Å². The van der Waals surface area contributed by atoms with E-state index in [0.717, 1.165) is 13.1 Å². The molecule has 1 aromatic rings. The lowest BCUT2D eigenvalue weighted by atomic mass is 10.3. The van der Waals surface area contributed by atoms with Crippen LogP contribution in [0.15, 0.2) is 12.1 Å². The maximum atomic E-state index is 11.5. The third-order valence-corrected chi connectivity index (χ3v) is 3.23. The van der Waals surface area contributed by atoms with Crippen LogP contribution in [0.4, 0.5) is 0 Å². The van der Waals surface area contributed by atoms with Gasteiger partial charge in [0.25, 0.3) is 5.91 Å². The van der Waals surface area contributed by atoms with Crippen molar-refractivity contribution >= 4 is 53.1 Å². The van der Waals surface area contributed by atoms with E-state index in [1.807, 2.05) is 6.92 Å². The molecule has 0 aliphatic carbocycles. The number of hydrogen-bond acceptors (Lipinski definition) is 3. The highest BCUT2D eigenvalue weighted by Gasteiger charge is 2.09. The van der Waals surface area contributed by atoms with Gasteiger partial charge in [-0.15, -0.1) is 12.4 Å². The van der Waals surface area contributed by atoms with Crippen LogP contribution in [-0.2, 0) is 4.79 Å². The van der Waals surface area contributed by atoms with E-state index in [4.69, 9.17) is 39.5 Å². The minimum Gasteiger partial charge on any atom is -0.482 e. The topological polar surface area (TPSA) is 50.4 Å². The second-order valence-electron chi connectivity index (χ2n) is 3.69. The number of carbonyl (C=O) groups is 1. The monoisotopic (exact) mass is 360 g/mol. The molecule has 0 saturated carbocycles. The maximum Gasteiger partial charge on any atom is 0.257 e. The van der Waals surface area contributed by atoms with E-state index in [2.05, 4.69) is 10.6 Å². The molecule has 20 heavy (non-hydrogen) atoms. The van der Waals surface area contributed by atoms with Crippen molar-refractivity contribution < 1.29 is 9.53 Å². The summed E-state index contributed by atoms with van der Waals surface area (Å²) >= 11 is 17.5. The van der Waals surface area contributed by atoms with Crippen LogP contribution in [-0.4, -0.2) is 32.1 Å². The SMILES string of the molecule is CCNCCNC(=O)COc1cc(Cl)c(Cl)cc1Cl.Cl. The zero-order valence-corrected chi connectivity index (χ0v) is 13.9. The van der Waals surface area contributed by atoms with Crippen molar-refractivity contribution in [3.8, 4) is 5.75 Å². The minimum atomic E-state index is -0.222. The molecule has 114 valence electrons. The molecule has 0 aromatic heterocycles. The van der Waals surface area contributed by atoms with Gasteiger partial charge in [0.05, 0.1) is 15.1 Å². The molecule has 1 aromatic carbocycles. The summed E-state index contributed by atoms with van der Waals surface area (Å²) in [7, 11) is 0. The van der Waals surface area contributed by atoms with Gasteiger partial charge in [-0.1, -0.05) is 41.7 Å². The fraction of sp³-hybridized carbons (Fsp3) is 0.417. The fourth-order valence-electron chi connectivity index (χ4n) is 1.28. The van der Waals surface area contributed by atoms with Gasteiger partial charge in [0, 0.05) is 19.2 Å². The smallest absolute Gasteiger partial charge is 0.257 e. The molecule has 0 spiro atoms. The van der Waals surface area contributed by atoms with Crippen LogP contribution >= 0.6 is 47.2 Å². The normalized spacial score (nSPS) is 9.80. The largest absolute Gasteiger partial charge is 0.482 e. The van der Waals surface area contributed by atoms with Gasteiger partial charge in [0.15, 0.2) is 6.61 Å². The predicted molar refractivity (Wildman–Crippen MR) is 85.8 cm³/mol. The third-order valence-electron chi connectivity index (χ3n) is 2.21. The second kappa shape index (κ2) is 10.4. The third kappa shape index (κ3) is 6.86. The summed E-state index contributed by atoms with van der Waals surface area (Å²) in [5, 5.41) is 6.78. The Bertz CT molecular complexity index is 444. The van der Waals surface area contributed by atoms with Crippen LogP contribution in [0.1, 0.15) is 6.92 Å². The maximum absolute atomic E-state index is 11.5. The van der Waals surface area contributed by atoms with Gasteiger partial charge in [0.1, 0.15) is 5.75 Å². The molecule has 0 radical (unpaired) electrons.